The summed E-state index contributed by atoms with van der Waals surface area (Å²) in [6.45, 7) is 16.8. The van der Waals surface area contributed by atoms with Gasteiger partial charge in [0.15, 0.2) is 0 Å². The van der Waals surface area contributed by atoms with Crippen LogP contribution in [0.1, 0.15) is 82.2 Å². The van der Waals surface area contributed by atoms with Gasteiger partial charge in [-0.2, -0.15) is 0 Å². The van der Waals surface area contributed by atoms with Crippen LogP contribution >= 0.6 is 0 Å². The molecule has 0 saturated carbocycles. The zero-order valence-corrected chi connectivity index (χ0v) is 33.4. The van der Waals surface area contributed by atoms with Crippen molar-refractivity contribution in [3.63, 3.8) is 0 Å². The van der Waals surface area contributed by atoms with Gasteiger partial charge in [-0.1, -0.05) is 169 Å². The van der Waals surface area contributed by atoms with Crippen molar-refractivity contribution in [3.05, 3.63) is 186 Å². The molecule has 0 aromatic heterocycles. The molecule has 0 aliphatic heterocycles. The topological polar surface area (TPSA) is 3.24 Å². The van der Waals surface area contributed by atoms with Crippen LogP contribution in [0.2, 0.25) is 0 Å². The Bertz CT molecular complexity index is 2540. The van der Waals surface area contributed by atoms with E-state index in [1.807, 2.05) is 0 Å². The second kappa shape index (κ2) is 13.0. The highest BCUT2D eigenvalue weighted by Gasteiger charge is 2.40. The first-order chi connectivity index (χ1) is 26.4. The second-order valence-corrected chi connectivity index (χ2v) is 17.7. The van der Waals surface area contributed by atoms with Gasteiger partial charge in [0.1, 0.15) is 0 Å². The third-order valence-electron chi connectivity index (χ3n) is 12.9. The summed E-state index contributed by atoms with van der Waals surface area (Å²) in [7, 11) is 0. The minimum Gasteiger partial charge on any atom is -0.310 e. The van der Waals surface area contributed by atoms with Gasteiger partial charge >= 0.3 is 0 Å². The maximum atomic E-state index is 2.57. The first kappa shape index (κ1) is 35.1. The lowest BCUT2D eigenvalue weighted by molar-refractivity contribution is 0.332. The van der Waals surface area contributed by atoms with Crippen molar-refractivity contribution in [3.8, 4) is 44.5 Å². The van der Waals surface area contributed by atoms with E-state index in [0.29, 0.717) is 0 Å². The molecule has 0 radical (unpaired) electrons. The van der Waals surface area contributed by atoms with E-state index >= 15 is 0 Å². The molecular weight excluding hydrogens is 663 g/mol. The number of anilines is 3. The van der Waals surface area contributed by atoms with Gasteiger partial charge in [0.2, 0.25) is 0 Å². The largest absolute Gasteiger partial charge is 0.310 e. The Balaban J connectivity index is 1.32. The van der Waals surface area contributed by atoms with E-state index < -0.39 is 0 Å². The average molecular weight is 714 g/mol. The van der Waals surface area contributed by atoms with Crippen LogP contribution in [-0.2, 0) is 16.2 Å². The molecule has 1 heteroatoms. The monoisotopic (exact) mass is 713 g/mol. The highest BCUT2D eigenvalue weighted by Crippen LogP contribution is 2.55. The molecule has 0 N–H and O–H groups in total. The van der Waals surface area contributed by atoms with E-state index in [1.165, 1.54) is 96.5 Å². The van der Waals surface area contributed by atoms with E-state index in [-0.39, 0.29) is 16.2 Å². The Morgan fingerprint density at radius 1 is 0.382 bits per heavy atom. The van der Waals surface area contributed by atoms with Crippen molar-refractivity contribution in [1.82, 2.24) is 0 Å². The van der Waals surface area contributed by atoms with Crippen LogP contribution in [0.5, 0.6) is 0 Å². The van der Waals surface area contributed by atoms with Gasteiger partial charge in [0.05, 0.1) is 5.69 Å². The fourth-order valence-corrected chi connectivity index (χ4v) is 9.42. The number of hydrogen-bond donors (Lipinski definition) is 0. The first-order valence-corrected chi connectivity index (χ1v) is 20.0. The fourth-order valence-electron chi connectivity index (χ4n) is 9.42. The summed E-state index contributed by atoms with van der Waals surface area (Å²) < 4.78 is 0. The van der Waals surface area contributed by atoms with Gasteiger partial charge in [0.25, 0.3) is 0 Å². The van der Waals surface area contributed by atoms with Gasteiger partial charge in [0, 0.05) is 22.4 Å². The van der Waals surface area contributed by atoms with E-state index in [2.05, 4.69) is 211 Å². The Morgan fingerprint density at radius 3 is 1.45 bits per heavy atom. The summed E-state index contributed by atoms with van der Waals surface area (Å²) >= 11 is 0. The second-order valence-electron chi connectivity index (χ2n) is 17.7. The number of hydrogen-bond acceptors (Lipinski definition) is 1. The predicted octanol–water partition coefficient (Wildman–Crippen LogP) is 15.1. The number of fused-ring (bicyclic) bond motifs is 4. The van der Waals surface area contributed by atoms with Crippen LogP contribution in [-0.4, -0.2) is 0 Å². The van der Waals surface area contributed by atoms with Gasteiger partial charge in [-0.25, -0.2) is 0 Å². The van der Waals surface area contributed by atoms with Gasteiger partial charge < -0.3 is 4.90 Å². The van der Waals surface area contributed by atoms with Crippen molar-refractivity contribution < 1.29 is 0 Å². The number of benzene rings is 7. The molecule has 7 aromatic carbocycles. The molecule has 2 aliphatic rings. The van der Waals surface area contributed by atoms with Crippen molar-refractivity contribution in [2.75, 3.05) is 4.90 Å². The molecule has 0 amide bonds. The SMILES string of the molecule is Cc1cc2c(cc1N(c1ccc(-c3ccccc3)cc1)c1cc3c(cc1-c1ccc(-c4ccccc4)cc1)-c1ccccc1C3(C)C)C(C)(C)CCC2(C)C. The Hall–Kier alpha value is -5.66. The van der Waals surface area contributed by atoms with Crippen LogP contribution in [0.4, 0.5) is 17.1 Å². The molecule has 0 atom stereocenters. The van der Waals surface area contributed by atoms with E-state index in [0.717, 1.165) is 5.69 Å². The average Bonchev–Trinajstić information content (AvgIpc) is 3.43. The van der Waals surface area contributed by atoms with Crippen molar-refractivity contribution in [2.45, 2.75) is 77.6 Å². The minimum atomic E-state index is -0.143. The number of nitrogens with zero attached hydrogens (tertiary/aromatic N) is 1. The zero-order valence-electron chi connectivity index (χ0n) is 33.4. The zero-order chi connectivity index (χ0) is 38.1. The van der Waals surface area contributed by atoms with Gasteiger partial charge in [-0.05, 0) is 128 Å². The van der Waals surface area contributed by atoms with E-state index in [1.54, 1.807) is 0 Å². The molecule has 0 spiro atoms. The maximum Gasteiger partial charge on any atom is 0.0543 e. The van der Waals surface area contributed by atoms with Crippen molar-refractivity contribution in [2.24, 2.45) is 0 Å². The lowest BCUT2D eigenvalue weighted by Crippen LogP contribution is -2.34. The first-order valence-electron chi connectivity index (χ1n) is 20.0. The minimum absolute atomic E-state index is 0.0772. The fraction of sp³-hybridized carbons (Fsp3) is 0.222. The van der Waals surface area contributed by atoms with Crippen molar-refractivity contribution >= 4 is 17.1 Å². The van der Waals surface area contributed by atoms with E-state index in [9.17, 15) is 0 Å². The number of aryl methyl sites for hydroxylation is 1. The molecule has 55 heavy (non-hydrogen) atoms. The quantitative estimate of drug-likeness (QED) is 0.166. The smallest absolute Gasteiger partial charge is 0.0543 e. The van der Waals surface area contributed by atoms with Crippen LogP contribution in [0.3, 0.4) is 0 Å². The molecule has 1 nitrogen and oxygen atoms in total. The van der Waals surface area contributed by atoms with Crippen LogP contribution in [0.25, 0.3) is 44.5 Å². The Labute approximate surface area is 328 Å². The molecule has 7 aromatic rings. The molecule has 0 unspecified atom stereocenters. The third kappa shape index (κ3) is 5.93. The van der Waals surface area contributed by atoms with Crippen LogP contribution < -0.4 is 4.90 Å². The van der Waals surface area contributed by atoms with Crippen LogP contribution in [0.15, 0.2) is 158 Å². The Morgan fingerprint density at radius 2 is 0.855 bits per heavy atom. The highest BCUT2D eigenvalue weighted by molar-refractivity contribution is 5.95. The molecule has 0 fully saturated rings. The highest BCUT2D eigenvalue weighted by atomic mass is 15.1. The predicted molar refractivity (Wildman–Crippen MR) is 235 cm³/mol. The summed E-state index contributed by atoms with van der Waals surface area (Å²) in [4.78, 5) is 2.57. The Kier molecular flexibility index (Phi) is 8.28. The molecule has 9 rings (SSSR count). The summed E-state index contributed by atoms with van der Waals surface area (Å²) in [5.41, 5.74) is 20.7. The van der Waals surface area contributed by atoms with E-state index in [4.69, 9.17) is 0 Å². The molecule has 272 valence electrons. The van der Waals surface area contributed by atoms with Crippen molar-refractivity contribution in [1.29, 1.82) is 0 Å². The van der Waals surface area contributed by atoms with Gasteiger partial charge in [-0.15, -0.1) is 0 Å². The molecule has 0 heterocycles. The maximum absolute atomic E-state index is 2.57. The lowest BCUT2D eigenvalue weighted by Gasteiger charge is -2.43. The summed E-state index contributed by atoms with van der Waals surface area (Å²) in [6.07, 6.45) is 2.37. The standard InChI is InChI=1S/C54H51N/c1-36-32-48-49(53(4,5)31-30-52(48,2)3)35-50(36)55(42-28-26-40(27-29-42)38-18-12-9-13-19-38)51-34-47-45(43-20-14-15-21-46(43)54(47,6)7)33-44(51)41-24-22-39(23-25-41)37-16-10-8-11-17-37/h8-29,32-35H,30-31H2,1-7H3. The van der Waals surface area contributed by atoms with Gasteiger partial charge in [-0.3, -0.25) is 0 Å². The molecule has 0 saturated heterocycles. The lowest BCUT2D eigenvalue weighted by atomic mass is 9.63. The summed E-state index contributed by atoms with van der Waals surface area (Å²) in [5, 5.41) is 0. The summed E-state index contributed by atoms with van der Waals surface area (Å²) in [5.74, 6) is 0. The number of rotatable bonds is 6. The van der Waals surface area contributed by atoms with Crippen LogP contribution in [0, 0.1) is 6.92 Å². The third-order valence-corrected chi connectivity index (χ3v) is 12.9. The summed E-state index contributed by atoms with van der Waals surface area (Å²) in [6, 6.07) is 58.9. The molecule has 2 aliphatic carbocycles. The normalized spacial score (nSPS) is 15.8. The molecular formula is C54H51N. The molecule has 0 bridgehead atoms.